The van der Waals surface area contributed by atoms with Crippen LogP contribution in [-0.2, 0) is 0 Å². The van der Waals surface area contributed by atoms with Crippen LogP contribution in [0.15, 0.2) is 48.5 Å². The van der Waals surface area contributed by atoms with Crippen molar-refractivity contribution in [2.75, 3.05) is 0 Å². The first-order valence-electron chi connectivity index (χ1n) is 5.21. The van der Waals surface area contributed by atoms with E-state index in [2.05, 4.69) is 0 Å². The average Bonchev–Trinajstić information content (AvgIpc) is 2.41. The summed E-state index contributed by atoms with van der Waals surface area (Å²) in [6, 6.07) is 12.8. The quantitative estimate of drug-likeness (QED) is 0.572. The van der Waals surface area contributed by atoms with Gasteiger partial charge in [-0.25, -0.2) is 5.48 Å². The Morgan fingerprint density at radius 2 is 1.61 bits per heavy atom. The summed E-state index contributed by atoms with van der Waals surface area (Å²) in [7, 11) is 0. The topological polar surface area (TPSA) is 78.8 Å². The highest BCUT2D eigenvalue weighted by atomic mass is 16.5. The third-order valence-corrected chi connectivity index (χ3v) is 2.32. The van der Waals surface area contributed by atoms with Gasteiger partial charge in [0, 0.05) is 0 Å². The normalized spacial score (nSPS) is 9.83. The van der Waals surface area contributed by atoms with E-state index in [1.54, 1.807) is 41.9 Å². The number of carbonyl (C=O) groups is 1. The Hall–Kier alpha value is -2.53. The van der Waals surface area contributed by atoms with E-state index < -0.39 is 5.91 Å². The SMILES string of the molecule is O=C(NO)c1ccccc1Oc1ccccc1O. The molecule has 1 amide bonds. The fourth-order valence-electron chi connectivity index (χ4n) is 1.47. The molecule has 92 valence electrons. The first-order valence-corrected chi connectivity index (χ1v) is 5.21. The summed E-state index contributed by atoms with van der Waals surface area (Å²) < 4.78 is 5.44. The molecule has 2 aromatic carbocycles. The molecule has 5 nitrogen and oxygen atoms in total. The number of hydroxylamine groups is 1. The van der Waals surface area contributed by atoms with E-state index in [0.29, 0.717) is 0 Å². The largest absolute Gasteiger partial charge is 0.504 e. The first kappa shape index (κ1) is 11.9. The lowest BCUT2D eigenvalue weighted by molar-refractivity contribution is 0.0703. The van der Waals surface area contributed by atoms with Crippen molar-refractivity contribution in [3.05, 3.63) is 54.1 Å². The number of hydrogen-bond donors (Lipinski definition) is 3. The lowest BCUT2D eigenvalue weighted by atomic mass is 10.2. The predicted molar refractivity (Wildman–Crippen MR) is 63.9 cm³/mol. The van der Waals surface area contributed by atoms with E-state index in [4.69, 9.17) is 9.94 Å². The molecule has 0 radical (unpaired) electrons. The zero-order chi connectivity index (χ0) is 13.0. The van der Waals surface area contributed by atoms with Crippen LogP contribution in [-0.4, -0.2) is 16.2 Å². The van der Waals surface area contributed by atoms with Crippen molar-refractivity contribution in [1.29, 1.82) is 0 Å². The van der Waals surface area contributed by atoms with Crippen LogP contribution in [0, 0.1) is 0 Å². The van der Waals surface area contributed by atoms with E-state index in [9.17, 15) is 9.90 Å². The monoisotopic (exact) mass is 245 g/mol. The molecule has 0 saturated heterocycles. The van der Waals surface area contributed by atoms with Gasteiger partial charge in [0.05, 0.1) is 5.56 Å². The molecule has 0 unspecified atom stereocenters. The van der Waals surface area contributed by atoms with Crippen molar-refractivity contribution >= 4 is 5.91 Å². The smallest absolute Gasteiger partial charge is 0.278 e. The Morgan fingerprint density at radius 3 is 2.28 bits per heavy atom. The summed E-state index contributed by atoms with van der Waals surface area (Å²) in [5.41, 5.74) is 1.71. The van der Waals surface area contributed by atoms with Crippen LogP contribution >= 0.6 is 0 Å². The number of amides is 1. The molecular formula is C13H11NO4. The Kier molecular flexibility index (Phi) is 3.45. The number of para-hydroxylation sites is 3. The maximum atomic E-state index is 11.4. The van der Waals surface area contributed by atoms with E-state index in [1.165, 1.54) is 12.1 Å². The molecule has 2 aromatic rings. The zero-order valence-electron chi connectivity index (χ0n) is 9.33. The van der Waals surface area contributed by atoms with Gasteiger partial charge >= 0.3 is 0 Å². The minimum Gasteiger partial charge on any atom is -0.504 e. The number of carbonyl (C=O) groups excluding carboxylic acids is 1. The lowest BCUT2D eigenvalue weighted by Crippen LogP contribution is -2.19. The Labute approximate surface area is 103 Å². The maximum absolute atomic E-state index is 11.4. The fourth-order valence-corrected chi connectivity index (χ4v) is 1.47. The van der Waals surface area contributed by atoms with Gasteiger partial charge in [-0.05, 0) is 24.3 Å². The minimum absolute atomic E-state index is 0.0308. The van der Waals surface area contributed by atoms with E-state index in [-0.39, 0.29) is 22.8 Å². The molecule has 0 aromatic heterocycles. The second-order valence-electron chi connectivity index (χ2n) is 3.51. The summed E-state index contributed by atoms with van der Waals surface area (Å²) >= 11 is 0. The second-order valence-corrected chi connectivity index (χ2v) is 3.51. The van der Waals surface area contributed by atoms with Gasteiger partial charge in [-0.2, -0.15) is 0 Å². The second kappa shape index (κ2) is 5.20. The number of nitrogens with one attached hydrogen (secondary N) is 1. The molecule has 3 N–H and O–H groups in total. The maximum Gasteiger partial charge on any atom is 0.278 e. The van der Waals surface area contributed by atoms with Gasteiger partial charge in [-0.3, -0.25) is 10.0 Å². The highest BCUT2D eigenvalue weighted by Gasteiger charge is 2.12. The third-order valence-electron chi connectivity index (χ3n) is 2.32. The van der Waals surface area contributed by atoms with Gasteiger partial charge in [0.15, 0.2) is 11.5 Å². The van der Waals surface area contributed by atoms with Crippen LogP contribution in [0.25, 0.3) is 0 Å². The van der Waals surface area contributed by atoms with E-state index >= 15 is 0 Å². The van der Waals surface area contributed by atoms with Crippen LogP contribution in [0.4, 0.5) is 0 Å². The molecule has 0 aliphatic heterocycles. The van der Waals surface area contributed by atoms with Crippen molar-refractivity contribution in [1.82, 2.24) is 5.48 Å². The number of phenols is 1. The molecule has 0 aliphatic carbocycles. The summed E-state index contributed by atoms with van der Waals surface area (Å²) in [5.74, 6) is -0.237. The summed E-state index contributed by atoms with van der Waals surface area (Å²) in [6.07, 6.45) is 0. The number of hydrogen-bond acceptors (Lipinski definition) is 4. The molecule has 5 heteroatoms. The number of benzene rings is 2. The Balaban J connectivity index is 2.35. The highest BCUT2D eigenvalue weighted by molar-refractivity contribution is 5.96. The van der Waals surface area contributed by atoms with Crippen LogP contribution in [0.3, 0.4) is 0 Å². The molecule has 0 aliphatic rings. The van der Waals surface area contributed by atoms with Gasteiger partial charge in [0.2, 0.25) is 0 Å². The predicted octanol–water partition coefficient (Wildman–Crippen LogP) is 2.30. The van der Waals surface area contributed by atoms with Gasteiger partial charge in [0.25, 0.3) is 5.91 Å². The average molecular weight is 245 g/mol. The lowest BCUT2D eigenvalue weighted by Gasteiger charge is -2.10. The van der Waals surface area contributed by atoms with Gasteiger partial charge in [-0.1, -0.05) is 24.3 Å². The third kappa shape index (κ3) is 2.41. The molecule has 18 heavy (non-hydrogen) atoms. The standard InChI is InChI=1S/C13H11NO4/c15-10-6-2-4-8-12(10)18-11-7-3-1-5-9(11)13(16)14-17/h1-8,15,17H,(H,14,16). The highest BCUT2D eigenvalue weighted by Crippen LogP contribution is 2.31. The van der Waals surface area contributed by atoms with Crippen molar-refractivity contribution in [2.24, 2.45) is 0 Å². The van der Waals surface area contributed by atoms with Gasteiger partial charge in [-0.15, -0.1) is 0 Å². The molecule has 0 atom stereocenters. The van der Waals surface area contributed by atoms with Crippen molar-refractivity contribution in [3.63, 3.8) is 0 Å². The molecule has 2 rings (SSSR count). The fraction of sp³-hybridized carbons (Fsp3) is 0. The van der Waals surface area contributed by atoms with E-state index in [1.807, 2.05) is 0 Å². The Bertz CT molecular complexity index is 568. The number of ether oxygens (including phenoxy) is 1. The summed E-state index contributed by atoms with van der Waals surface area (Å²) in [5, 5.41) is 18.2. The molecule has 0 heterocycles. The van der Waals surface area contributed by atoms with E-state index in [0.717, 1.165) is 0 Å². The zero-order valence-corrected chi connectivity index (χ0v) is 9.33. The van der Waals surface area contributed by atoms with Crippen molar-refractivity contribution in [2.45, 2.75) is 0 Å². The van der Waals surface area contributed by atoms with Crippen LogP contribution in [0.1, 0.15) is 10.4 Å². The number of aromatic hydroxyl groups is 1. The minimum atomic E-state index is -0.680. The molecule has 0 saturated carbocycles. The molecule has 0 bridgehead atoms. The number of phenolic OH excluding ortho intramolecular Hbond substituents is 1. The van der Waals surface area contributed by atoms with Gasteiger partial charge < -0.3 is 9.84 Å². The van der Waals surface area contributed by atoms with Crippen molar-refractivity contribution in [3.8, 4) is 17.2 Å². The van der Waals surface area contributed by atoms with Crippen LogP contribution in [0.5, 0.6) is 17.2 Å². The van der Waals surface area contributed by atoms with Gasteiger partial charge in [0.1, 0.15) is 5.75 Å². The Morgan fingerprint density at radius 1 is 1.00 bits per heavy atom. The van der Waals surface area contributed by atoms with Crippen molar-refractivity contribution < 1.29 is 19.8 Å². The molecule has 0 fully saturated rings. The summed E-state index contributed by atoms with van der Waals surface area (Å²) in [4.78, 5) is 11.4. The molecular weight excluding hydrogens is 234 g/mol. The molecule has 0 spiro atoms. The van der Waals surface area contributed by atoms with Crippen LogP contribution < -0.4 is 10.2 Å². The first-order chi connectivity index (χ1) is 8.72. The van der Waals surface area contributed by atoms with Crippen LogP contribution in [0.2, 0.25) is 0 Å². The summed E-state index contributed by atoms with van der Waals surface area (Å²) in [6.45, 7) is 0. The number of rotatable bonds is 3.